The van der Waals surface area contributed by atoms with Crippen LogP contribution in [0.5, 0.6) is 5.75 Å². The lowest BCUT2D eigenvalue weighted by atomic mass is 10.1. The number of carbonyl (C=O) groups is 1. The summed E-state index contributed by atoms with van der Waals surface area (Å²) >= 11 is 7.21. The number of ether oxygens (including phenoxy) is 1. The second-order valence-corrected chi connectivity index (χ2v) is 7.09. The molecule has 0 aliphatic carbocycles. The summed E-state index contributed by atoms with van der Waals surface area (Å²) in [6.07, 6.45) is 0.720. The molecular weight excluding hydrogens is 368 g/mol. The van der Waals surface area contributed by atoms with E-state index in [0.29, 0.717) is 21.3 Å². The molecule has 0 atom stereocenters. The Morgan fingerprint density at radius 2 is 1.88 bits per heavy atom. The van der Waals surface area contributed by atoms with E-state index in [2.05, 4.69) is 11.4 Å². The number of nitriles is 1. The SMILES string of the molecule is N#Cc1cc(Cc2ccccc2)sc1NC(=O)COc1ccc(Cl)cc1. The van der Waals surface area contributed by atoms with Gasteiger partial charge in [-0.05, 0) is 35.9 Å². The van der Waals surface area contributed by atoms with Crippen molar-refractivity contribution < 1.29 is 9.53 Å². The minimum Gasteiger partial charge on any atom is -0.484 e. The lowest BCUT2D eigenvalue weighted by molar-refractivity contribution is -0.118. The summed E-state index contributed by atoms with van der Waals surface area (Å²) in [4.78, 5) is 13.1. The van der Waals surface area contributed by atoms with Gasteiger partial charge in [-0.25, -0.2) is 0 Å². The first-order valence-corrected chi connectivity index (χ1v) is 9.08. The highest BCUT2D eigenvalue weighted by atomic mass is 35.5. The normalized spacial score (nSPS) is 10.2. The average Bonchev–Trinajstić information content (AvgIpc) is 3.03. The predicted molar refractivity (Wildman–Crippen MR) is 104 cm³/mol. The number of benzene rings is 2. The molecule has 26 heavy (non-hydrogen) atoms. The highest BCUT2D eigenvalue weighted by Gasteiger charge is 2.13. The number of amides is 1. The molecule has 0 spiro atoms. The number of nitrogens with one attached hydrogen (secondary N) is 1. The first-order chi connectivity index (χ1) is 12.6. The molecular formula is C20H15ClN2O2S. The van der Waals surface area contributed by atoms with E-state index < -0.39 is 0 Å². The van der Waals surface area contributed by atoms with Gasteiger partial charge in [0.15, 0.2) is 6.61 Å². The van der Waals surface area contributed by atoms with Crippen LogP contribution in [-0.2, 0) is 11.2 Å². The van der Waals surface area contributed by atoms with Crippen molar-refractivity contribution in [3.63, 3.8) is 0 Å². The lowest BCUT2D eigenvalue weighted by Crippen LogP contribution is -2.19. The standard InChI is InChI=1S/C20H15ClN2O2S/c21-16-6-8-17(9-7-16)25-13-19(24)23-20-15(12-22)11-18(26-20)10-14-4-2-1-3-5-14/h1-9,11H,10,13H2,(H,23,24). The zero-order valence-corrected chi connectivity index (χ0v) is 15.3. The summed E-state index contributed by atoms with van der Waals surface area (Å²) in [5.74, 6) is 0.241. The van der Waals surface area contributed by atoms with Gasteiger partial charge >= 0.3 is 0 Å². The van der Waals surface area contributed by atoms with E-state index in [4.69, 9.17) is 16.3 Å². The molecule has 0 unspecified atom stereocenters. The van der Waals surface area contributed by atoms with Crippen LogP contribution in [0.25, 0.3) is 0 Å². The minimum absolute atomic E-state index is 0.140. The van der Waals surface area contributed by atoms with Crippen molar-refractivity contribution in [2.75, 3.05) is 11.9 Å². The average molecular weight is 383 g/mol. The molecule has 3 aromatic rings. The number of halogens is 1. The van der Waals surface area contributed by atoms with Crippen LogP contribution in [0.1, 0.15) is 16.0 Å². The molecule has 0 aliphatic rings. The van der Waals surface area contributed by atoms with Crippen molar-refractivity contribution in [3.8, 4) is 11.8 Å². The second-order valence-electron chi connectivity index (χ2n) is 5.52. The molecule has 0 fully saturated rings. The second kappa shape index (κ2) is 8.52. The molecule has 1 heterocycles. The summed E-state index contributed by atoms with van der Waals surface area (Å²) in [6.45, 7) is -0.140. The molecule has 1 amide bonds. The van der Waals surface area contributed by atoms with Gasteiger partial charge in [0.25, 0.3) is 5.91 Å². The van der Waals surface area contributed by atoms with Crippen LogP contribution in [0.15, 0.2) is 60.7 Å². The van der Waals surface area contributed by atoms with Crippen LogP contribution in [0.3, 0.4) is 0 Å². The Kier molecular flexibility index (Phi) is 5.90. The molecule has 1 aromatic heterocycles. The Morgan fingerprint density at radius 1 is 1.15 bits per heavy atom. The van der Waals surface area contributed by atoms with Crippen molar-refractivity contribution in [1.82, 2.24) is 0 Å². The zero-order chi connectivity index (χ0) is 18.4. The van der Waals surface area contributed by atoms with E-state index in [0.717, 1.165) is 16.9 Å². The van der Waals surface area contributed by atoms with Crippen molar-refractivity contribution in [2.45, 2.75) is 6.42 Å². The van der Waals surface area contributed by atoms with Crippen molar-refractivity contribution >= 4 is 33.8 Å². The van der Waals surface area contributed by atoms with Crippen LogP contribution >= 0.6 is 22.9 Å². The van der Waals surface area contributed by atoms with Crippen molar-refractivity contribution in [2.24, 2.45) is 0 Å². The van der Waals surface area contributed by atoms with E-state index in [9.17, 15) is 10.1 Å². The van der Waals surface area contributed by atoms with E-state index in [1.807, 2.05) is 36.4 Å². The molecule has 2 aromatic carbocycles. The molecule has 4 nitrogen and oxygen atoms in total. The van der Waals surface area contributed by atoms with Crippen LogP contribution in [0, 0.1) is 11.3 Å². The topological polar surface area (TPSA) is 62.1 Å². The zero-order valence-electron chi connectivity index (χ0n) is 13.7. The maximum absolute atomic E-state index is 12.1. The molecule has 3 rings (SSSR count). The Morgan fingerprint density at radius 3 is 2.58 bits per heavy atom. The Balaban J connectivity index is 1.62. The van der Waals surface area contributed by atoms with Crippen molar-refractivity contribution in [1.29, 1.82) is 5.26 Å². The highest BCUT2D eigenvalue weighted by Crippen LogP contribution is 2.29. The maximum Gasteiger partial charge on any atom is 0.262 e. The van der Waals surface area contributed by atoms with Gasteiger partial charge < -0.3 is 10.1 Å². The Hall–Kier alpha value is -2.81. The number of carbonyl (C=O) groups excluding carboxylic acids is 1. The van der Waals surface area contributed by atoms with Crippen LogP contribution < -0.4 is 10.1 Å². The van der Waals surface area contributed by atoms with Gasteiger partial charge in [0.05, 0.1) is 5.56 Å². The maximum atomic E-state index is 12.1. The summed E-state index contributed by atoms with van der Waals surface area (Å²) < 4.78 is 5.42. The third-order valence-corrected chi connectivity index (χ3v) is 4.86. The third-order valence-electron chi connectivity index (χ3n) is 3.56. The fourth-order valence-corrected chi connectivity index (χ4v) is 3.53. The van der Waals surface area contributed by atoms with E-state index in [1.54, 1.807) is 24.3 Å². The van der Waals surface area contributed by atoms with Crippen molar-refractivity contribution in [3.05, 3.63) is 81.7 Å². The summed E-state index contributed by atoms with van der Waals surface area (Å²) in [7, 11) is 0. The molecule has 0 radical (unpaired) electrons. The highest BCUT2D eigenvalue weighted by molar-refractivity contribution is 7.16. The summed E-state index contributed by atoms with van der Waals surface area (Å²) in [5.41, 5.74) is 1.61. The van der Waals surface area contributed by atoms with E-state index >= 15 is 0 Å². The third kappa shape index (κ3) is 4.85. The molecule has 130 valence electrons. The fourth-order valence-electron chi connectivity index (χ4n) is 2.34. The summed E-state index contributed by atoms with van der Waals surface area (Å²) in [5, 5.41) is 13.2. The molecule has 0 saturated carbocycles. The smallest absolute Gasteiger partial charge is 0.262 e. The van der Waals surface area contributed by atoms with Gasteiger partial charge in [-0.1, -0.05) is 41.9 Å². The van der Waals surface area contributed by atoms with Crippen LogP contribution in [0.4, 0.5) is 5.00 Å². The largest absolute Gasteiger partial charge is 0.484 e. The monoisotopic (exact) mass is 382 g/mol. The fraction of sp³-hybridized carbons (Fsp3) is 0.100. The van der Waals surface area contributed by atoms with E-state index in [1.165, 1.54) is 11.3 Å². The Labute approximate surface area is 160 Å². The predicted octanol–water partition coefficient (Wildman–Crippen LogP) is 4.88. The molecule has 0 saturated heterocycles. The number of hydrogen-bond donors (Lipinski definition) is 1. The molecule has 0 aliphatic heterocycles. The molecule has 6 heteroatoms. The van der Waals surface area contributed by atoms with Gasteiger partial charge in [0.1, 0.15) is 16.8 Å². The van der Waals surface area contributed by atoms with Gasteiger partial charge in [0.2, 0.25) is 0 Å². The number of nitrogens with zero attached hydrogens (tertiary/aromatic N) is 1. The Bertz CT molecular complexity index is 931. The van der Waals surface area contributed by atoms with Gasteiger partial charge in [0, 0.05) is 16.3 Å². The van der Waals surface area contributed by atoms with E-state index in [-0.39, 0.29) is 12.5 Å². The first kappa shape index (κ1) is 18.0. The van der Waals surface area contributed by atoms with Crippen LogP contribution in [-0.4, -0.2) is 12.5 Å². The van der Waals surface area contributed by atoms with Gasteiger partial charge in [-0.15, -0.1) is 11.3 Å². The number of rotatable bonds is 6. The minimum atomic E-state index is -0.315. The first-order valence-electron chi connectivity index (χ1n) is 7.89. The van der Waals surface area contributed by atoms with Gasteiger partial charge in [-0.2, -0.15) is 5.26 Å². The molecule has 1 N–H and O–H groups in total. The summed E-state index contributed by atoms with van der Waals surface area (Å²) in [6, 6.07) is 20.7. The van der Waals surface area contributed by atoms with Crippen LogP contribution in [0.2, 0.25) is 5.02 Å². The number of anilines is 1. The molecule has 0 bridgehead atoms. The number of hydrogen-bond acceptors (Lipinski definition) is 4. The lowest BCUT2D eigenvalue weighted by Gasteiger charge is -2.06. The van der Waals surface area contributed by atoms with Gasteiger partial charge in [-0.3, -0.25) is 4.79 Å². The number of thiophene rings is 1. The quantitative estimate of drug-likeness (QED) is 0.660.